The van der Waals surface area contributed by atoms with E-state index in [1.807, 2.05) is 44.2 Å². The second-order valence-electron chi connectivity index (χ2n) is 11.0. The summed E-state index contributed by atoms with van der Waals surface area (Å²) in [6.45, 7) is 4.80. The van der Waals surface area contributed by atoms with Crippen molar-refractivity contribution in [1.82, 2.24) is 20.4 Å². The van der Waals surface area contributed by atoms with Crippen LogP contribution in [-0.4, -0.2) is 85.5 Å². The van der Waals surface area contributed by atoms with Crippen LogP contribution in [0.3, 0.4) is 0 Å². The summed E-state index contributed by atoms with van der Waals surface area (Å²) in [7, 11) is 1.52. The number of hydrogen-bond donors (Lipinski definition) is 2. The molecule has 2 bridgehead atoms. The number of carbonyl (C=O) groups excluding carboxylic acids is 4. The molecular formula is C31H40N4O6. The van der Waals surface area contributed by atoms with Crippen LogP contribution in [0.5, 0.6) is 5.75 Å². The predicted octanol–water partition coefficient (Wildman–Crippen LogP) is 1.70. The molecule has 3 aliphatic rings. The van der Waals surface area contributed by atoms with Gasteiger partial charge in [-0.3, -0.25) is 19.2 Å². The van der Waals surface area contributed by atoms with Gasteiger partial charge < -0.3 is 29.9 Å². The molecule has 2 N–H and O–H groups in total. The average Bonchev–Trinajstić information content (AvgIpc) is 2.96. The number of nitrogens with one attached hydrogen (secondary N) is 2. The number of nitrogens with zero attached hydrogens (tertiary/aromatic N) is 2. The van der Waals surface area contributed by atoms with Gasteiger partial charge in [-0.25, -0.2) is 0 Å². The van der Waals surface area contributed by atoms with Crippen molar-refractivity contribution < 1.29 is 28.7 Å². The zero-order valence-corrected chi connectivity index (χ0v) is 24.1. The maximum absolute atomic E-state index is 13.8. The number of benzene rings is 2. The van der Waals surface area contributed by atoms with Crippen molar-refractivity contribution in [3.05, 3.63) is 65.2 Å². The van der Waals surface area contributed by atoms with E-state index in [4.69, 9.17) is 9.47 Å². The number of ether oxygens (including phenoxy) is 2. The quantitative estimate of drug-likeness (QED) is 0.516. The molecule has 0 radical (unpaired) electrons. The smallest absolute Gasteiger partial charge is 0.258 e. The van der Waals surface area contributed by atoms with Gasteiger partial charge in [0.25, 0.3) is 5.91 Å². The predicted molar refractivity (Wildman–Crippen MR) is 153 cm³/mol. The Morgan fingerprint density at radius 3 is 2.44 bits per heavy atom. The Kier molecular flexibility index (Phi) is 10.3. The third-order valence-corrected chi connectivity index (χ3v) is 7.36. The normalized spacial score (nSPS) is 20.3. The lowest BCUT2D eigenvalue weighted by atomic mass is 9.98. The van der Waals surface area contributed by atoms with Crippen molar-refractivity contribution in [2.45, 2.75) is 51.7 Å². The first-order chi connectivity index (χ1) is 19.7. The van der Waals surface area contributed by atoms with E-state index in [0.29, 0.717) is 25.3 Å². The van der Waals surface area contributed by atoms with E-state index >= 15 is 0 Å². The fourth-order valence-corrected chi connectivity index (χ4v) is 5.24. The lowest BCUT2D eigenvalue weighted by Crippen LogP contribution is -2.55. The van der Waals surface area contributed by atoms with Gasteiger partial charge in [0.05, 0.1) is 13.2 Å². The number of carbonyl (C=O) groups is 4. The van der Waals surface area contributed by atoms with Gasteiger partial charge in [0.1, 0.15) is 17.8 Å². The monoisotopic (exact) mass is 564 g/mol. The van der Waals surface area contributed by atoms with Crippen LogP contribution in [0, 0.1) is 5.92 Å². The Hall–Kier alpha value is -3.92. The van der Waals surface area contributed by atoms with Gasteiger partial charge in [-0.05, 0) is 47.6 Å². The minimum atomic E-state index is -0.836. The van der Waals surface area contributed by atoms with Gasteiger partial charge in [0.2, 0.25) is 17.7 Å². The maximum atomic E-state index is 13.8. The molecule has 0 aromatic heterocycles. The van der Waals surface area contributed by atoms with Crippen molar-refractivity contribution >= 4 is 23.6 Å². The molecule has 0 saturated heterocycles. The molecule has 10 nitrogen and oxygen atoms in total. The largest absolute Gasteiger partial charge is 0.484 e. The average molecular weight is 565 g/mol. The van der Waals surface area contributed by atoms with E-state index in [2.05, 4.69) is 16.7 Å². The molecule has 2 aromatic carbocycles. The van der Waals surface area contributed by atoms with E-state index in [0.717, 1.165) is 17.5 Å². The van der Waals surface area contributed by atoms with E-state index in [9.17, 15) is 19.2 Å². The lowest BCUT2D eigenvalue weighted by Gasteiger charge is -2.33. The molecule has 220 valence electrons. The molecule has 4 amide bonds. The zero-order chi connectivity index (χ0) is 29.4. The molecule has 0 aliphatic carbocycles. The molecular weight excluding hydrogens is 524 g/mol. The summed E-state index contributed by atoms with van der Waals surface area (Å²) in [5, 5.41) is 5.70. The molecule has 0 fully saturated rings. The summed E-state index contributed by atoms with van der Waals surface area (Å²) in [5.41, 5.74) is 3.15. The third-order valence-electron chi connectivity index (χ3n) is 7.36. The summed E-state index contributed by atoms with van der Waals surface area (Å²) in [4.78, 5) is 56.7. The Morgan fingerprint density at radius 2 is 1.73 bits per heavy atom. The Morgan fingerprint density at radius 1 is 1.00 bits per heavy atom. The molecule has 2 atom stereocenters. The lowest BCUT2D eigenvalue weighted by molar-refractivity contribution is -0.142. The maximum Gasteiger partial charge on any atom is 0.258 e. The van der Waals surface area contributed by atoms with Crippen LogP contribution < -0.4 is 15.4 Å². The molecule has 10 heteroatoms. The van der Waals surface area contributed by atoms with Gasteiger partial charge in [-0.2, -0.15) is 0 Å². The summed E-state index contributed by atoms with van der Waals surface area (Å²) < 4.78 is 10.9. The Labute approximate surface area is 241 Å². The first kappa shape index (κ1) is 30.0. The minimum Gasteiger partial charge on any atom is -0.484 e. The molecule has 0 spiro atoms. The first-order valence-corrected chi connectivity index (χ1v) is 14.2. The van der Waals surface area contributed by atoms with E-state index in [1.165, 1.54) is 17.6 Å². The highest BCUT2D eigenvalue weighted by Gasteiger charge is 2.32. The summed E-state index contributed by atoms with van der Waals surface area (Å²) in [6.07, 6.45) is 1.41. The van der Waals surface area contributed by atoms with Gasteiger partial charge in [0, 0.05) is 33.2 Å². The molecule has 3 aliphatic heterocycles. The Bertz CT molecular complexity index is 1230. The first-order valence-electron chi connectivity index (χ1n) is 14.2. The van der Waals surface area contributed by atoms with Crippen LogP contribution >= 0.6 is 0 Å². The van der Waals surface area contributed by atoms with E-state index < -0.39 is 23.9 Å². The standard InChI is InChI=1S/C31H40N4O6/c1-21(2)16-26-30(38)35(14-15-40-3)19-28(36)32-27(17-22-8-10-25(11-9-22)41-20-29(37)33-26)31(39)34-13-12-23-6-4-5-7-24(23)18-34/h4-11,21,26-27H,12-20H2,1-3H3,(H,32,36)(H,33,37)/t26-,27-/m0/s1. The van der Waals surface area contributed by atoms with E-state index in [-0.39, 0.29) is 50.5 Å². The SMILES string of the molecule is COCCN1CC(=O)N[C@H](C(=O)N2CCc3ccccc3C2)Cc2ccc(cc2)OCC(=O)N[C@@H](CC(C)C)C1=O. The van der Waals surface area contributed by atoms with Crippen LogP contribution in [0.15, 0.2) is 48.5 Å². The molecule has 3 heterocycles. The zero-order valence-electron chi connectivity index (χ0n) is 24.1. The highest BCUT2D eigenvalue weighted by Crippen LogP contribution is 2.21. The van der Waals surface area contributed by atoms with Crippen LogP contribution in [0.25, 0.3) is 0 Å². The van der Waals surface area contributed by atoms with Gasteiger partial charge in [-0.1, -0.05) is 50.2 Å². The topological polar surface area (TPSA) is 117 Å². The second kappa shape index (κ2) is 14.1. The van der Waals surface area contributed by atoms with Crippen molar-refractivity contribution in [3.8, 4) is 5.75 Å². The summed E-state index contributed by atoms with van der Waals surface area (Å²) in [5.74, 6) is -0.835. The number of hydrogen-bond acceptors (Lipinski definition) is 6. The van der Waals surface area contributed by atoms with Crippen molar-refractivity contribution in [2.24, 2.45) is 5.92 Å². The van der Waals surface area contributed by atoms with Crippen molar-refractivity contribution in [3.63, 3.8) is 0 Å². The minimum absolute atomic E-state index is 0.109. The number of methoxy groups -OCH3 is 1. The summed E-state index contributed by atoms with van der Waals surface area (Å²) >= 11 is 0. The Balaban J connectivity index is 1.61. The molecule has 41 heavy (non-hydrogen) atoms. The van der Waals surface area contributed by atoms with Crippen LogP contribution in [-0.2, 0) is 43.3 Å². The highest BCUT2D eigenvalue weighted by atomic mass is 16.5. The van der Waals surface area contributed by atoms with Gasteiger partial charge in [0.15, 0.2) is 6.61 Å². The number of amides is 4. The molecule has 2 aromatic rings. The summed E-state index contributed by atoms with van der Waals surface area (Å²) in [6, 6.07) is 13.5. The second-order valence-corrected chi connectivity index (χ2v) is 11.0. The third kappa shape index (κ3) is 8.29. The number of fused-ring (bicyclic) bond motifs is 14. The van der Waals surface area contributed by atoms with Gasteiger partial charge in [-0.15, -0.1) is 0 Å². The fourth-order valence-electron chi connectivity index (χ4n) is 5.24. The highest BCUT2D eigenvalue weighted by molar-refractivity contribution is 5.93. The van der Waals surface area contributed by atoms with Crippen molar-refractivity contribution in [2.75, 3.05) is 40.0 Å². The molecule has 5 rings (SSSR count). The van der Waals surface area contributed by atoms with Gasteiger partial charge >= 0.3 is 0 Å². The van der Waals surface area contributed by atoms with Crippen molar-refractivity contribution in [1.29, 1.82) is 0 Å². The van der Waals surface area contributed by atoms with Crippen LogP contribution in [0.2, 0.25) is 0 Å². The fraction of sp³-hybridized carbons (Fsp3) is 0.484. The number of rotatable bonds is 6. The van der Waals surface area contributed by atoms with Crippen LogP contribution in [0.4, 0.5) is 0 Å². The molecule has 0 unspecified atom stereocenters. The van der Waals surface area contributed by atoms with E-state index in [1.54, 1.807) is 17.0 Å². The van der Waals surface area contributed by atoms with Crippen LogP contribution in [0.1, 0.15) is 37.0 Å². The molecule has 0 saturated carbocycles.